The molecular weight excluding hydrogens is 534 g/mol. The maximum Gasteiger partial charge on any atom is 0.407 e. The van der Waals surface area contributed by atoms with Crippen LogP contribution in [0.25, 0.3) is 0 Å². The van der Waals surface area contributed by atoms with Crippen molar-refractivity contribution in [1.82, 2.24) is 25.4 Å². The number of nitrogens with zero attached hydrogens (tertiary/aromatic N) is 3. The highest BCUT2D eigenvalue weighted by Gasteiger charge is 2.55. The number of carbonyl (C=O) groups is 4. The zero-order chi connectivity index (χ0) is 29.8. The number of hydrogen-bond donors (Lipinski definition) is 3. The number of fused-ring (bicyclic) bond motifs is 2. The molecule has 0 unspecified atom stereocenters. The van der Waals surface area contributed by atoms with Gasteiger partial charge in [0.1, 0.15) is 16.6 Å². The lowest BCUT2D eigenvalue weighted by molar-refractivity contribution is -0.142. The number of likely N-dealkylation sites (N-methyl/N-ethyl adjacent to an activating group) is 2. The van der Waals surface area contributed by atoms with Crippen LogP contribution < -0.4 is 10.6 Å². The highest BCUT2D eigenvalue weighted by molar-refractivity contribution is 7.09. The van der Waals surface area contributed by atoms with Crippen LogP contribution in [0, 0.1) is 11.8 Å². The average Bonchev–Trinajstić information content (AvgIpc) is 3.62. The van der Waals surface area contributed by atoms with Gasteiger partial charge in [0, 0.05) is 37.5 Å². The van der Waals surface area contributed by atoms with Crippen molar-refractivity contribution in [3.8, 4) is 0 Å². The van der Waals surface area contributed by atoms with Crippen molar-refractivity contribution < 1.29 is 29.0 Å². The molecule has 2 fully saturated rings. The minimum atomic E-state index is -1.17. The number of carboxylic acid groups (broad SMARTS) is 1. The normalized spacial score (nSPS) is 23.4. The molecule has 11 nitrogen and oxygen atoms in total. The number of aromatic nitrogens is 1. The molecule has 4 atom stereocenters. The Morgan fingerprint density at radius 3 is 2.35 bits per heavy atom. The first-order valence-corrected chi connectivity index (χ1v) is 15.2. The molecule has 0 aromatic carbocycles. The highest BCUT2D eigenvalue weighted by Crippen LogP contribution is 2.45. The second kappa shape index (κ2) is 13.3. The monoisotopic (exact) mass is 579 g/mol. The first kappa shape index (κ1) is 31.8. The van der Waals surface area contributed by atoms with Gasteiger partial charge in [-0.1, -0.05) is 34.1 Å². The molecular formula is C28H45N5O6S. The van der Waals surface area contributed by atoms with Gasteiger partial charge < -0.3 is 25.4 Å². The summed E-state index contributed by atoms with van der Waals surface area (Å²) in [6.45, 7) is 10.1. The Morgan fingerprint density at radius 2 is 1.88 bits per heavy atom. The number of ether oxygens (including phenoxy) is 1. The van der Waals surface area contributed by atoms with E-state index in [4.69, 9.17) is 4.74 Å². The molecule has 0 aliphatic carbocycles. The maximum absolute atomic E-state index is 14.0. The van der Waals surface area contributed by atoms with E-state index in [9.17, 15) is 24.3 Å². The molecule has 1 aromatic rings. The summed E-state index contributed by atoms with van der Waals surface area (Å²) in [5, 5.41) is 16.9. The van der Waals surface area contributed by atoms with Gasteiger partial charge >= 0.3 is 12.1 Å². The Bertz CT molecular complexity index is 1070. The minimum Gasteiger partial charge on any atom is -0.476 e. The number of amides is 3. The van der Waals surface area contributed by atoms with Crippen LogP contribution in [0.15, 0.2) is 5.38 Å². The van der Waals surface area contributed by atoms with E-state index in [-0.39, 0.29) is 41.8 Å². The molecule has 1 aromatic heterocycles. The van der Waals surface area contributed by atoms with Crippen LogP contribution in [0.1, 0.15) is 94.7 Å². The molecule has 3 heterocycles. The van der Waals surface area contributed by atoms with Crippen LogP contribution in [0.3, 0.4) is 0 Å². The first-order valence-electron chi connectivity index (χ1n) is 14.3. The number of thiazole rings is 1. The van der Waals surface area contributed by atoms with Crippen molar-refractivity contribution in [2.24, 2.45) is 11.8 Å². The second-order valence-corrected chi connectivity index (χ2v) is 12.4. The number of nitrogens with one attached hydrogen (secondary N) is 2. The summed E-state index contributed by atoms with van der Waals surface area (Å²) in [5.41, 5.74) is -0.676. The van der Waals surface area contributed by atoms with Gasteiger partial charge in [0.05, 0.1) is 0 Å². The van der Waals surface area contributed by atoms with E-state index in [0.717, 1.165) is 37.0 Å². The van der Waals surface area contributed by atoms with Crippen LogP contribution in [0.2, 0.25) is 0 Å². The summed E-state index contributed by atoms with van der Waals surface area (Å²) in [5.74, 6) is -1.57. The lowest BCUT2D eigenvalue weighted by atomic mass is 9.86. The Labute approximate surface area is 241 Å². The molecule has 0 radical (unpaired) electrons. The van der Waals surface area contributed by atoms with Gasteiger partial charge in [-0.15, -0.1) is 11.3 Å². The average molecular weight is 580 g/mol. The van der Waals surface area contributed by atoms with Crippen LogP contribution >= 0.6 is 11.3 Å². The molecule has 2 saturated heterocycles. The SMILES string of the molecule is CCNC(=O)O[C@H](C[C@H](C(C)C)N(C)C(=O)[C@@H](NC(=O)C12CCC(CC1)N2C)[C@@H](C)CC)c1nc(C(=O)O)cs1. The smallest absolute Gasteiger partial charge is 0.407 e. The Morgan fingerprint density at radius 1 is 1.23 bits per heavy atom. The summed E-state index contributed by atoms with van der Waals surface area (Å²) in [7, 11) is 3.72. The predicted molar refractivity (Wildman–Crippen MR) is 152 cm³/mol. The molecule has 40 heavy (non-hydrogen) atoms. The molecule has 2 aliphatic rings. The lowest BCUT2D eigenvalue weighted by Crippen LogP contribution is -2.60. The van der Waals surface area contributed by atoms with Crippen molar-refractivity contribution >= 4 is 35.2 Å². The number of aromatic carboxylic acids is 1. The standard InChI is InChI=1S/C28H45N5O6S/c1-8-17(5)22(31-26(37)28-12-10-18(11-13-28)33(28)7)24(34)32(6)20(16(3)4)14-21(39-27(38)29-9-2)23-30-19(15-40-23)25(35)36/h15-18,20-22H,8-14H2,1-7H3,(H,29,38)(H,31,37)(H,35,36)/t17-,18?,20+,21+,22-,28?/m0/s1. The lowest BCUT2D eigenvalue weighted by Gasteiger charge is -2.38. The van der Waals surface area contributed by atoms with E-state index in [1.165, 1.54) is 5.38 Å². The van der Waals surface area contributed by atoms with Crippen molar-refractivity contribution in [3.05, 3.63) is 16.1 Å². The highest BCUT2D eigenvalue weighted by atomic mass is 32.1. The van der Waals surface area contributed by atoms with Crippen molar-refractivity contribution in [2.45, 2.75) is 103 Å². The zero-order valence-electron chi connectivity index (χ0n) is 24.7. The first-order chi connectivity index (χ1) is 18.9. The van der Waals surface area contributed by atoms with Crippen LogP contribution in [0.4, 0.5) is 4.79 Å². The molecule has 224 valence electrons. The van der Waals surface area contributed by atoms with Gasteiger partial charge in [-0.05, 0) is 51.5 Å². The molecule has 0 spiro atoms. The number of carboxylic acids is 1. The van der Waals surface area contributed by atoms with Crippen LogP contribution in [0.5, 0.6) is 0 Å². The third kappa shape index (κ3) is 6.59. The summed E-state index contributed by atoms with van der Waals surface area (Å²) < 4.78 is 5.68. The van der Waals surface area contributed by atoms with E-state index in [1.54, 1.807) is 18.9 Å². The molecule has 12 heteroatoms. The fourth-order valence-electron chi connectivity index (χ4n) is 6.04. The van der Waals surface area contributed by atoms with Gasteiger partial charge in [-0.25, -0.2) is 14.6 Å². The van der Waals surface area contributed by atoms with Gasteiger partial charge in [-0.2, -0.15) is 0 Å². The quantitative estimate of drug-likeness (QED) is 0.322. The molecule has 2 aliphatic heterocycles. The molecule has 0 saturated carbocycles. The molecule has 3 rings (SSSR count). The Hall–Kier alpha value is -2.73. The largest absolute Gasteiger partial charge is 0.476 e. The van der Waals surface area contributed by atoms with E-state index in [2.05, 4.69) is 20.5 Å². The Balaban J connectivity index is 1.84. The van der Waals surface area contributed by atoms with Gasteiger partial charge in [0.2, 0.25) is 11.8 Å². The van der Waals surface area contributed by atoms with E-state index in [0.29, 0.717) is 24.0 Å². The summed E-state index contributed by atoms with van der Waals surface area (Å²) in [6, 6.07) is -0.658. The van der Waals surface area contributed by atoms with Crippen molar-refractivity contribution in [1.29, 1.82) is 0 Å². The fourth-order valence-corrected chi connectivity index (χ4v) is 6.88. The summed E-state index contributed by atoms with van der Waals surface area (Å²) in [6.07, 6.45) is 3.03. The van der Waals surface area contributed by atoms with Gasteiger partial charge in [0.15, 0.2) is 11.8 Å². The van der Waals surface area contributed by atoms with Crippen LogP contribution in [-0.2, 0) is 14.3 Å². The third-order valence-corrected chi connectivity index (χ3v) is 9.79. The second-order valence-electron chi connectivity index (χ2n) is 11.5. The number of alkyl carbamates (subject to hydrolysis) is 1. The molecule has 3 amide bonds. The maximum atomic E-state index is 14.0. The summed E-state index contributed by atoms with van der Waals surface area (Å²) in [4.78, 5) is 59.5. The number of rotatable bonds is 13. The number of carbonyl (C=O) groups excluding carboxylic acids is 3. The number of hydrogen-bond acceptors (Lipinski definition) is 8. The van der Waals surface area contributed by atoms with E-state index >= 15 is 0 Å². The Kier molecular flexibility index (Phi) is 10.6. The van der Waals surface area contributed by atoms with Gasteiger partial charge in [-0.3, -0.25) is 14.5 Å². The summed E-state index contributed by atoms with van der Waals surface area (Å²) >= 11 is 1.10. The van der Waals surface area contributed by atoms with Crippen LogP contribution in [-0.4, -0.2) is 88.1 Å². The molecule has 3 N–H and O–H groups in total. The van der Waals surface area contributed by atoms with E-state index in [1.807, 2.05) is 34.7 Å². The zero-order valence-corrected chi connectivity index (χ0v) is 25.5. The fraction of sp³-hybridized carbons (Fsp3) is 0.750. The van der Waals surface area contributed by atoms with Crippen molar-refractivity contribution in [3.63, 3.8) is 0 Å². The van der Waals surface area contributed by atoms with E-state index < -0.39 is 29.7 Å². The van der Waals surface area contributed by atoms with Gasteiger partial charge in [0.25, 0.3) is 0 Å². The topological polar surface area (TPSA) is 141 Å². The minimum absolute atomic E-state index is 0.0309. The van der Waals surface area contributed by atoms with Crippen molar-refractivity contribution in [2.75, 3.05) is 20.6 Å². The predicted octanol–water partition coefficient (Wildman–Crippen LogP) is 3.66. The third-order valence-electron chi connectivity index (χ3n) is 8.85. The molecule has 2 bridgehead atoms.